The Bertz CT molecular complexity index is 865. The molecular formula is C21H29N3O2S. The highest BCUT2D eigenvalue weighted by molar-refractivity contribution is 7.89. The van der Waals surface area contributed by atoms with Crippen LogP contribution < -0.4 is 5.32 Å². The van der Waals surface area contributed by atoms with E-state index in [2.05, 4.69) is 24.1 Å². The first kappa shape index (κ1) is 19.8. The van der Waals surface area contributed by atoms with Gasteiger partial charge in [0.15, 0.2) is 0 Å². The maximum absolute atomic E-state index is 13.4. The number of benzene rings is 1. The van der Waals surface area contributed by atoms with Crippen molar-refractivity contribution in [1.29, 1.82) is 0 Å². The average Bonchev–Trinajstić information content (AvgIpc) is 2.68. The zero-order valence-electron chi connectivity index (χ0n) is 16.4. The molecule has 146 valence electrons. The van der Waals surface area contributed by atoms with Crippen LogP contribution in [0.5, 0.6) is 0 Å². The smallest absolute Gasteiger partial charge is 0.243 e. The third kappa shape index (κ3) is 4.33. The average molecular weight is 388 g/mol. The van der Waals surface area contributed by atoms with Gasteiger partial charge in [-0.05, 0) is 51.3 Å². The second-order valence-electron chi connectivity index (χ2n) is 7.34. The minimum atomic E-state index is -3.55. The molecule has 2 atom stereocenters. The number of piperidine rings is 1. The fraction of sp³-hybridized carbons (Fsp3) is 0.476. The first-order valence-electron chi connectivity index (χ1n) is 9.73. The van der Waals surface area contributed by atoms with E-state index in [0.717, 1.165) is 42.6 Å². The van der Waals surface area contributed by atoms with Gasteiger partial charge >= 0.3 is 0 Å². The highest BCUT2D eigenvalue weighted by atomic mass is 32.2. The molecule has 0 spiro atoms. The number of anilines is 1. The number of pyridine rings is 1. The lowest BCUT2D eigenvalue weighted by atomic mass is 9.97. The van der Waals surface area contributed by atoms with Gasteiger partial charge in [0, 0.05) is 24.3 Å². The van der Waals surface area contributed by atoms with E-state index in [9.17, 15) is 8.42 Å². The van der Waals surface area contributed by atoms with Crippen LogP contribution in [0.15, 0.2) is 47.5 Å². The first-order valence-corrected chi connectivity index (χ1v) is 11.2. The molecule has 1 saturated heterocycles. The number of sulfonamides is 1. The Morgan fingerprint density at radius 2 is 1.96 bits per heavy atom. The monoisotopic (exact) mass is 387 g/mol. The lowest BCUT2D eigenvalue weighted by Crippen LogP contribution is -2.39. The second kappa shape index (κ2) is 8.40. The number of rotatable bonds is 6. The van der Waals surface area contributed by atoms with Crippen LogP contribution in [0.25, 0.3) is 0 Å². The summed E-state index contributed by atoms with van der Waals surface area (Å²) in [5, 5.41) is 3.44. The summed E-state index contributed by atoms with van der Waals surface area (Å²) >= 11 is 0. The summed E-state index contributed by atoms with van der Waals surface area (Å²) in [5.41, 5.74) is 2.02. The summed E-state index contributed by atoms with van der Waals surface area (Å²) in [6.45, 7) is 6.73. The van der Waals surface area contributed by atoms with Crippen molar-refractivity contribution in [3.8, 4) is 0 Å². The summed E-state index contributed by atoms with van der Waals surface area (Å²) in [6.07, 6.45) is 5.45. The number of hydrogen-bond donors (Lipinski definition) is 1. The van der Waals surface area contributed by atoms with E-state index in [1.54, 1.807) is 22.6 Å². The van der Waals surface area contributed by atoms with Crippen molar-refractivity contribution >= 4 is 15.8 Å². The number of nitrogens with zero attached hydrogens (tertiary/aromatic N) is 2. The van der Waals surface area contributed by atoms with Crippen molar-refractivity contribution in [2.75, 3.05) is 11.9 Å². The molecule has 0 amide bonds. The molecule has 0 radical (unpaired) electrons. The number of aromatic nitrogens is 1. The lowest BCUT2D eigenvalue weighted by Gasteiger charge is -2.36. The van der Waals surface area contributed by atoms with Crippen molar-refractivity contribution in [2.24, 2.45) is 0 Å². The van der Waals surface area contributed by atoms with Gasteiger partial charge < -0.3 is 5.32 Å². The maximum atomic E-state index is 13.4. The summed E-state index contributed by atoms with van der Waals surface area (Å²) < 4.78 is 28.4. The van der Waals surface area contributed by atoms with Crippen LogP contribution in [0.1, 0.15) is 56.7 Å². The van der Waals surface area contributed by atoms with Gasteiger partial charge in [0.2, 0.25) is 10.0 Å². The molecule has 0 bridgehead atoms. The van der Waals surface area contributed by atoms with Gasteiger partial charge in [0.1, 0.15) is 5.82 Å². The molecular weight excluding hydrogens is 358 g/mol. The molecule has 27 heavy (non-hydrogen) atoms. The molecule has 6 heteroatoms. The quantitative estimate of drug-likeness (QED) is 0.792. The minimum absolute atomic E-state index is 0.190. The van der Waals surface area contributed by atoms with Gasteiger partial charge in [-0.2, -0.15) is 4.31 Å². The Morgan fingerprint density at radius 3 is 2.67 bits per heavy atom. The Hall–Kier alpha value is -1.92. The number of hydrogen-bond acceptors (Lipinski definition) is 4. The topological polar surface area (TPSA) is 62.3 Å². The molecule has 1 aliphatic heterocycles. The van der Waals surface area contributed by atoms with E-state index < -0.39 is 10.0 Å². The van der Waals surface area contributed by atoms with Crippen LogP contribution in [0.2, 0.25) is 0 Å². The summed E-state index contributed by atoms with van der Waals surface area (Å²) in [7, 11) is -3.55. The van der Waals surface area contributed by atoms with Gasteiger partial charge in [0.25, 0.3) is 0 Å². The third-order valence-electron chi connectivity index (χ3n) is 5.27. The fourth-order valence-corrected chi connectivity index (χ4v) is 5.17. The standard InChI is InChI=1S/C21H29N3O2S/c1-4-17(3)23-21-19(8-7-14-22-21)20-9-5-6-15-24(20)27(25,26)18-12-10-16(2)11-13-18/h7-8,10-14,17,20H,4-6,9,15H2,1-3H3,(H,22,23)/t17-,20-/m1/s1. The molecule has 1 fully saturated rings. The zero-order chi connectivity index (χ0) is 19.4. The maximum Gasteiger partial charge on any atom is 0.243 e. The van der Waals surface area contributed by atoms with Crippen LogP contribution in [-0.4, -0.2) is 30.3 Å². The van der Waals surface area contributed by atoms with E-state index in [1.807, 2.05) is 31.2 Å². The van der Waals surface area contributed by atoms with E-state index in [0.29, 0.717) is 11.4 Å². The third-order valence-corrected chi connectivity index (χ3v) is 7.20. The highest BCUT2D eigenvalue weighted by Crippen LogP contribution is 2.38. The minimum Gasteiger partial charge on any atom is -0.367 e. The molecule has 2 heterocycles. The van der Waals surface area contributed by atoms with Gasteiger partial charge in [-0.1, -0.05) is 37.1 Å². The molecule has 1 aromatic carbocycles. The zero-order valence-corrected chi connectivity index (χ0v) is 17.2. The van der Waals surface area contributed by atoms with Crippen molar-refractivity contribution in [1.82, 2.24) is 9.29 Å². The van der Waals surface area contributed by atoms with Crippen LogP contribution in [0, 0.1) is 6.92 Å². The van der Waals surface area contributed by atoms with E-state index in [4.69, 9.17) is 0 Å². The van der Waals surface area contributed by atoms with E-state index >= 15 is 0 Å². The molecule has 1 aromatic heterocycles. The molecule has 1 aliphatic rings. The molecule has 0 unspecified atom stereocenters. The molecule has 3 rings (SSSR count). The molecule has 0 aliphatic carbocycles. The molecule has 1 N–H and O–H groups in total. The Morgan fingerprint density at radius 1 is 1.22 bits per heavy atom. The van der Waals surface area contributed by atoms with E-state index in [-0.39, 0.29) is 12.1 Å². The summed E-state index contributed by atoms with van der Waals surface area (Å²) in [4.78, 5) is 4.87. The summed E-state index contributed by atoms with van der Waals surface area (Å²) in [6, 6.07) is 11.1. The van der Waals surface area contributed by atoms with Crippen molar-refractivity contribution < 1.29 is 8.42 Å². The Labute approximate surface area is 162 Å². The molecule has 0 saturated carbocycles. The van der Waals surface area contributed by atoms with Crippen molar-refractivity contribution in [3.05, 3.63) is 53.7 Å². The van der Waals surface area contributed by atoms with Crippen molar-refractivity contribution in [3.63, 3.8) is 0 Å². The van der Waals surface area contributed by atoms with Crippen LogP contribution in [0.4, 0.5) is 5.82 Å². The first-order chi connectivity index (χ1) is 12.9. The van der Waals surface area contributed by atoms with E-state index in [1.165, 1.54) is 0 Å². The lowest BCUT2D eigenvalue weighted by molar-refractivity contribution is 0.256. The predicted octanol–water partition coefficient (Wildman–Crippen LogP) is 4.52. The highest BCUT2D eigenvalue weighted by Gasteiger charge is 2.35. The molecule has 5 nitrogen and oxygen atoms in total. The largest absolute Gasteiger partial charge is 0.367 e. The Balaban J connectivity index is 1.98. The van der Waals surface area contributed by atoms with Gasteiger partial charge in [-0.3, -0.25) is 0 Å². The number of nitrogens with one attached hydrogen (secondary N) is 1. The van der Waals surface area contributed by atoms with Gasteiger partial charge in [0.05, 0.1) is 10.9 Å². The van der Waals surface area contributed by atoms with Gasteiger partial charge in [-0.25, -0.2) is 13.4 Å². The van der Waals surface area contributed by atoms with Crippen LogP contribution >= 0.6 is 0 Å². The normalized spacial score (nSPS) is 19.6. The second-order valence-corrected chi connectivity index (χ2v) is 9.23. The molecule has 2 aromatic rings. The fourth-order valence-electron chi connectivity index (χ4n) is 3.49. The number of aryl methyl sites for hydroxylation is 1. The predicted molar refractivity (Wildman–Crippen MR) is 109 cm³/mol. The summed E-state index contributed by atoms with van der Waals surface area (Å²) in [5.74, 6) is 0.794. The van der Waals surface area contributed by atoms with Crippen molar-refractivity contribution in [2.45, 2.75) is 63.4 Å². The Kier molecular flexibility index (Phi) is 6.17. The van der Waals surface area contributed by atoms with Gasteiger partial charge in [-0.15, -0.1) is 0 Å². The van der Waals surface area contributed by atoms with Crippen LogP contribution in [0.3, 0.4) is 0 Å². The SMILES string of the molecule is CC[C@@H](C)Nc1ncccc1[C@H]1CCCCN1S(=O)(=O)c1ccc(C)cc1. The van der Waals surface area contributed by atoms with Crippen LogP contribution in [-0.2, 0) is 10.0 Å².